The second-order valence-electron chi connectivity index (χ2n) is 5.42. The second-order valence-corrected chi connectivity index (χ2v) is 7.52. The van der Waals surface area contributed by atoms with Gasteiger partial charge in [-0.05, 0) is 37.4 Å². The van der Waals surface area contributed by atoms with Crippen molar-refractivity contribution in [3.63, 3.8) is 0 Å². The smallest absolute Gasteiger partial charge is 0.345 e. The minimum atomic E-state index is -1.25. The van der Waals surface area contributed by atoms with E-state index in [0.717, 1.165) is 0 Å². The molecule has 0 heterocycles. The van der Waals surface area contributed by atoms with Crippen LogP contribution in [0.15, 0.2) is 35.2 Å². The van der Waals surface area contributed by atoms with Crippen molar-refractivity contribution in [2.75, 3.05) is 11.6 Å². The summed E-state index contributed by atoms with van der Waals surface area (Å²) in [6.07, 6.45) is 0.503. The summed E-state index contributed by atoms with van der Waals surface area (Å²) in [6.45, 7) is 1.32. The Bertz CT molecular complexity index is 955. The maximum absolute atomic E-state index is 12.4. The van der Waals surface area contributed by atoms with Gasteiger partial charge in [0.2, 0.25) is 0 Å². The molecule has 0 saturated carbocycles. The Morgan fingerprint density at radius 2 is 1.79 bits per heavy atom. The van der Waals surface area contributed by atoms with Crippen LogP contribution in [0.5, 0.6) is 0 Å². The number of anilines is 1. The third-order valence-corrected chi connectivity index (χ3v) is 5.30. The third kappa shape index (κ3) is 5.29. The van der Waals surface area contributed by atoms with Crippen molar-refractivity contribution >= 4 is 69.8 Å². The van der Waals surface area contributed by atoms with Crippen LogP contribution in [0.1, 0.15) is 17.3 Å². The zero-order valence-electron chi connectivity index (χ0n) is 14.5. The van der Waals surface area contributed by atoms with E-state index < -0.39 is 28.6 Å². The highest BCUT2D eigenvalue weighted by Crippen LogP contribution is 2.32. The number of carbonyl (C=O) groups excluding carboxylic acids is 2. The molecule has 1 N–H and O–H groups in total. The molecule has 0 spiro atoms. The van der Waals surface area contributed by atoms with Crippen molar-refractivity contribution < 1.29 is 19.2 Å². The van der Waals surface area contributed by atoms with Gasteiger partial charge in [-0.25, -0.2) is 4.79 Å². The first kappa shape index (κ1) is 22.3. The molecule has 0 radical (unpaired) electrons. The summed E-state index contributed by atoms with van der Waals surface area (Å²) >= 11 is 19.0. The van der Waals surface area contributed by atoms with Crippen LogP contribution in [0.3, 0.4) is 0 Å². The first-order valence-corrected chi connectivity index (χ1v) is 9.98. The van der Waals surface area contributed by atoms with Gasteiger partial charge in [0.1, 0.15) is 5.56 Å². The van der Waals surface area contributed by atoms with Gasteiger partial charge in [-0.3, -0.25) is 14.9 Å². The average Bonchev–Trinajstić information content (AvgIpc) is 2.65. The Morgan fingerprint density at radius 3 is 2.39 bits per heavy atom. The molecule has 2 aromatic carbocycles. The first-order chi connectivity index (χ1) is 13.1. The third-order valence-electron chi connectivity index (χ3n) is 3.54. The largest absolute Gasteiger partial charge is 0.449 e. The maximum atomic E-state index is 12.4. The highest BCUT2D eigenvalue weighted by atomic mass is 35.5. The number of amides is 1. The van der Waals surface area contributed by atoms with Gasteiger partial charge in [0.05, 0.1) is 25.7 Å². The summed E-state index contributed by atoms with van der Waals surface area (Å²) in [5.74, 6) is -1.69. The number of nitrogens with one attached hydrogen (secondary N) is 1. The Balaban J connectivity index is 2.17. The van der Waals surface area contributed by atoms with Crippen LogP contribution in [-0.2, 0) is 9.53 Å². The number of ether oxygens (including phenoxy) is 1. The molecule has 0 aliphatic rings. The summed E-state index contributed by atoms with van der Waals surface area (Å²) < 4.78 is 5.09. The van der Waals surface area contributed by atoms with E-state index in [-0.39, 0.29) is 26.3 Å². The number of hydrogen-bond donors (Lipinski definition) is 1. The first-order valence-electron chi connectivity index (χ1n) is 7.62. The fraction of sp³-hybridized carbons (Fsp3) is 0.176. The highest BCUT2D eigenvalue weighted by molar-refractivity contribution is 7.98. The molecule has 0 bridgehead atoms. The van der Waals surface area contributed by atoms with Crippen molar-refractivity contribution in [1.82, 2.24) is 0 Å². The number of halogens is 3. The molecule has 28 heavy (non-hydrogen) atoms. The molecule has 0 fully saturated rings. The lowest BCUT2D eigenvalue weighted by Gasteiger charge is -2.15. The van der Waals surface area contributed by atoms with Crippen molar-refractivity contribution in [3.05, 3.63) is 61.1 Å². The Labute approximate surface area is 179 Å². The zero-order chi connectivity index (χ0) is 21.0. The predicted molar refractivity (Wildman–Crippen MR) is 110 cm³/mol. The molecular formula is C17H13Cl3N2O5S. The van der Waals surface area contributed by atoms with Gasteiger partial charge in [0.15, 0.2) is 6.10 Å². The molecule has 0 aliphatic carbocycles. The molecule has 7 nitrogen and oxygen atoms in total. The van der Waals surface area contributed by atoms with Gasteiger partial charge in [-0.2, -0.15) is 0 Å². The van der Waals surface area contributed by atoms with Crippen LogP contribution < -0.4 is 5.32 Å². The molecule has 1 atom stereocenters. The number of esters is 1. The molecule has 1 unspecified atom stereocenters. The van der Waals surface area contributed by atoms with Crippen LogP contribution >= 0.6 is 46.6 Å². The highest BCUT2D eigenvalue weighted by Gasteiger charge is 2.26. The van der Waals surface area contributed by atoms with Gasteiger partial charge < -0.3 is 10.1 Å². The molecule has 11 heteroatoms. The summed E-state index contributed by atoms with van der Waals surface area (Å²) in [4.78, 5) is 35.8. The van der Waals surface area contributed by atoms with Crippen molar-refractivity contribution in [2.24, 2.45) is 0 Å². The second kappa shape index (κ2) is 9.47. The minimum absolute atomic E-state index is 0.143. The monoisotopic (exact) mass is 462 g/mol. The van der Waals surface area contributed by atoms with E-state index in [1.54, 1.807) is 6.26 Å². The Kier molecular flexibility index (Phi) is 7.54. The fourth-order valence-corrected chi connectivity index (χ4v) is 3.13. The average molecular weight is 464 g/mol. The van der Waals surface area contributed by atoms with Gasteiger partial charge in [0, 0.05) is 11.0 Å². The van der Waals surface area contributed by atoms with E-state index in [9.17, 15) is 19.7 Å². The van der Waals surface area contributed by atoms with E-state index in [0.29, 0.717) is 4.90 Å². The van der Waals surface area contributed by atoms with Gasteiger partial charge in [-0.1, -0.05) is 34.8 Å². The number of nitro benzene ring substituents is 1. The van der Waals surface area contributed by atoms with Crippen molar-refractivity contribution in [2.45, 2.75) is 17.9 Å². The molecule has 1 amide bonds. The maximum Gasteiger partial charge on any atom is 0.345 e. The SMILES string of the molecule is CSc1ccc([N+](=O)[O-])c(C(=O)OC(C)C(=O)Nc2cc(Cl)c(Cl)cc2Cl)c1. The molecule has 2 aromatic rings. The lowest BCUT2D eigenvalue weighted by atomic mass is 10.2. The quantitative estimate of drug-likeness (QED) is 0.201. The van der Waals surface area contributed by atoms with Crippen LogP contribution in [0.4, 0.5) is 11.4 Å². The number of nitrogens with zero attached hydrogens (tertiary/aromatic N) is 1. The van der Waals surface area contributed by atoms with E-state index in [1.807, 2.05) is 0 Å². The zero-order valence-corrected chi connectivity index (χ0v) is 17.6. The topological polar surface area (TPSA) is 98.5 Å². The fourth-order valence-electron chi connectivity index (χ4n) is 2.10. The van der Waals surface area contributed by atoms with Crippen LogP contribution in [0.2, 0.25) is 15.1 Å². The standard InChI is InChI=1S/C17H13Cl3N2O5S/c1-8(16(23)21-14-7-12(19)11(18)6-13(14)20)27-17(24)10-5-9(28-2)3-4-15(10)22(25)26/h3-8H,1-2H3,(H,21,23). The number of benzene rings is 2. The lowest BCUT2D eigenvalue weighted by Crippen LogP contribution is -2.30. The Morgan fingerprint density at radius 1 is 1.14 bits per heavy atom. The number of hydrogen-bond acceptors (Lipinski definition) is 6. The van der Waals surface area contributed by atoms with Crippen molar-refractivity contribution in [3.8, 4) is 0 Å². The van der Waals surface area contributed by atoms with E-state index >= 15 is 0 Å². The van der Waals surface area contributed by atoms with Gasteiger partial charge >= 0.3 is 5.97 Å². The number of nitro groups is 1. The number of thioether (sulfide) groups is 1. The van der Waals surface area contributed by atoms with Gasteiger partial charge in [0.25, 0.3) is 11.6 Å². The van der Waals surface area contributed by atoms with Crippen molar-refractivity contribution in [1.29, 1.82) is 0 Å². The summed E-state index contributed by atoms with van der Waals surface area (Å²) in [5, 5.41) is 14.2. The Hall–Kier alpha value is -2.00. The summed E-state index contributed by atoms with van der Waals surface area (Å²) in [6, 6.07) is 6.77. The molecular weight excluding hydrogens is 451 g/mol. The molecule has 0 saturated heterocycles. The normalized spacial score (nSPS) is 11.6. The molecule has 148 valence electrons. The van der Waals surface area contributed by atoms with E-state index in [4.69, 9.17) is 39.5 Å². The summed E-state index contributed by atoms with van der Waals surface area (Å²) in [5.41, 5.74) is -0.480. The molecule has 0 aliphatic heterocycles. The van der Waals surface area contributed by atoms with Crippen LogP contribution in [0.25, 0.3) is 0 Å². The number of rotatable bonds is 6. The number of carbonyl (C=O) groups is 2. The molecule has 2 rings (SSSR count). The van der Waals surface area contributed by atoms with Crippen LogP contribution in [-0.4, -0.2) is 29.2 Å². The lowest BCUT2D eigenvalue weighted by molar-refractivity contribution is -0.385. The van der Waals surface area contributed by atoms with Gasteiger partial charge in [-0.15, -0.1) is 11.8 Å². The van der Waals surface area contributed by atoms with Crippen LogP contribution in [0, 0.1) is 10.1 Å². The predicted octanol–water partition coefficient (Wildman–Crippen LogP) is 5.46. The summed E-state index contributed by atoms with van der Waals surface area (Å²) in [7, 11) is 0. The van der Waals surface area contributed by atoms with E-state index in [2.05, 4.69) is 5.32 Å². The minimum Gasteiger partial charge on any atom is -0.449 e. The van der Waals surface area contributed by atoms with E-state index in [1.165, 1.54) is 49.0 Å². The molecule has 0 aromatic heterocycles.